The van der Waals surface area contributed by atoms with Gasteiger partial charge in [-0.2, -0.15) is 0 Å². The molecule has 1 aromatic carbocycles. The first-order chi connectivity index (χ1) is 7.99. The summed E-state index contributed by atoms with van der Waals surface area (Å²) in [5.74, 6) is -1.90. The third-order valence-corrected chi connectivity index (χ3v) is 3.07. The first-order valence-corrected chi connectivity index (χ1v) is 5.55. The molecule has 0 amide bonds. The first-order valence-electron chi connectivity index (χ1n) is 5.55. The predicted octanol–water partition coefficient (Wildman–Crippen LogP) is 3.35. The van der Waals surface area contributed by atoms with Crippen LogP contribution in [0.2, 0.25) is 0 Å². The van der Waals surface area contributed by atoms with Crippen LogP contribution in [-0.4, -0.2) is 18.5 Å². The number of hydrogen-bond acceptors (Lipinski definition) is 2. The van der Waals surface area contributed by atoms with Gasteiger partial charge in [-0.3, -0.25) is 4.79 Å². The molecule has 0 bridgehead atoms. The van der Waals surface area contributed by atoms with E-state index in [4.69, 9.17) is 4.74 Å². The number of methoxy groups -OCH3 is 1. The van der Waals surface area contributed by atoms with Gasteiger partial charge in [0.25, 0.3) is 0 Å². The summed E-state index contributed by atoms with van der Waals surface area (Å²) in [5.41, 5.74) is -0.992. The van der Waals surface area contributed by atoms with E-state index in [1.807, 2.05) is 0 Å². The lowest BCUT2D eigenvalue weighted by Crippen LogP contribution is -2.39. The SMILES string of the molecule is CCC(CC)(OC)C(=O)c1cc(F)cc(F)c1. The lowest BCUT2D eigenvalue weighted by molar-refractivity contribution is -0.00266. The van der Waals surface area contributed by atoms with Gasteiger partial charge in [0.2, 0.25) is 0 Å². The quantitative estimate of drug-likeness (QED) is 0.740. The normalized spacial score (nSPS) is 11.6. The maximum absolute atomic E-state index is 13.1. The van der Waals surface area contributed by atoms with Crippen LogP contribution in [0.1, 0.15) is 37.0 Å². The molecule has 0 aliphatic heterocycles. The van der Waals surface area contributed by atoms with Gasteiger partial charge in [-0.05, 0) is 25.0 Å². The Bertz CT molecular complexity index is 383. The second-order valence-electron chi connectivity index (χ2n) is 3.89. The molecule has 94 valence electrons. The van der Waals surface area contributed by atoms with Gasteiger partial charge in [-0.25, -0.2) is 8.78 Å². The molecule has 4 heteroatoms. The van der Waals surface area contributed by atoms with E-state index in [-0.39, 0.29) is 11.3 Å². The van der Waals surface area contributed by atoms with Gasteiger partial charge in [0.15, 0.2) is 5.78 Å². The third-order valence-electron chi connectivity index (χ3n) is 3.07. The maximum atomic E-state index is 13.1. The first kappa shape index (κ1) is 13.8. The Labute approximate surface area is 99.6 Å². The fourth-order valence-electron chi connectivity index (χ4n) is 1.90. The number of carbonyl (C=O) groups is 1. The van der Waals surface area contributed by atoms with Crippen LogP contribution < -0.4 is 0 Å². The van der Waals surface area contributed by atoms with Crippen LogP contribution in [-0.2, 0) is 4.74 Å². The van der Waals surface area contributed by atoms with Gasteiger partial charge in [0, 0.05) is 18.7 Å². The van der Waals surface area contributed by atoms with Crippen molar-refractivity contribution < 1.29 is 18.3 Å². The standard InChI is InChI=1S/C13H16F2O2/c1-4-13(5-2,17-3)12(16)9-6-10(14)8-11(15)7-9/h6-8H,4-5H2,1-3H3. The van der Waals surface area contributed by atoms with Crippen molar-refractivity contribution in [2.45, 2.75) is 32.3 Å². The van der Waals surface area contributed by atoms with Gasteiger partial charge < -0.3 is 4.74 Å². The lowest BCUT2D eigenvalue weighted by Gasteiger charge is -2.28. The fraction of sp³-hybridized carbons (Fsp3) is 0.462. The molecule has 0 N–H and O–H groups in total. The summed E-state index contributed by atoms with van der Waals surface area (Å²) in [6.07, 6.45) is 0.911. The number of rotatable bonds is 5. The number of benzene rings is 1. The van der Waals surface area contributed by atoms with Crippen LogP contribution in [0.5, 0.6) is 0 Å². The summed E-state index contributed by atoms with van der Waals surface area (Å²) in [6.45, 7) is 3.61. The molecular weight excluding hydrogens is 226 g/mol. The molecule has 0 aromatic heterocycles. The summed E-state index contributed by atoms with van der Waals surface area (Å²) in [4.78, 5) is 12.2. The number of ketones is 1. The fourth-order valence-corrected chi connectivity index (χ4v) is 1.90. The van der Waals surface area contributed by atoms with Crippen molar-refractivity contribution in [3.05, 3.63) is 35.4 Å². The maximum Gasteiger partial charge on any atom is 0.194 e. The molecule has 17 heavy (non-hydrogen) atoms. The average molecular weight is 242 g/mol. The minimum absolute atomic E-state index is 0.00745. The molecule has 0 unspecified atom stereocenters. The Morgan fingerprint density at radius 3 is 2.00 bits per heavy atom. The molecule has 0 atom stereocenters. The van der Waals surface area contributed by atoms with Crippen molar-refractivity contribution in [1.29, 1.82) is 0 Å². The zero-order valence-corrected chi connectivity index (χ0v) is 10.2. The van der Waals surface area contributed by atoms with E-state index < -0.39 is 17.2 Å². The number of halogens is 2. The van der Waals surface area contributed by atoms with Crippen LogP contribution in [0.25, 0.3) is 0 Å². The van der Waals surface area contributed by atoms with Crippen LogP contribution in [0.15, 0.2) is 18.2 Å². The predicted molar refractivity (Wildman–Crippen MR) is 61.0 cm³/mol. The molecule has 0 saturated carbocycles. The molecule has 0 heterocycles. The van der Waals surface area contributed by atoms with E-state index in [2.05, 4.69) is 0 Å². The van der Waals surface area contributed by atoms with Crippen molar-refractivity contribution in [1.82, 2.24) is 0 Å². The third kappa shape index (κ3) is 2.69. The minimum Gasteiger partial charge on any atom is -0.370 e. The molecule has 0 saturated heterocycles. The van der Waals surface area contributed by atoms with Gasteiger partial charge in [0.05, 0.1) is 0 Å². The Hall–Kier alpha value is -1.29. The van der Waals surface area contributed by atoms with Crippen LogP contribution >= 0.6 is 0 Å². The van der Waals surface area contributed by atoms with E-state index in [9.17, 15) is 13.6 Å². The van der Waals surface area contributed by atoms with Crippen LogP contribution in [0, 0.1) is 11.6 Å². The summed E-state index contributed by atoms with van der Waals surface area (Å²) in [7, 11) is 1.43. The summed E-state index contributed by atoms with van der Waals surface area (Å²) in [5, 5.41) is 0. The second-order valence-corrected chi connectivity index (χ2v) is 3.89. The summed E-state index contributed by atoms with van der Waals surface area (Å²) in [6, 6.07) is 2.80. The lowest BCUT2D eigenvalue weighted by atomic mass is 9.87. The molecular formula is C13H16F2O2. The molecule has 1 aromatic rings. The summed E-state index contributed by atoms with van der Waals surface area (Å²) >= 11 is 0. The monoisotopic (exact) mass is 242 g/mol. The zero-order chi connectivity index (χ0) is 13.1. The van der Waals surface area contributed by atoms with E-state index in [1.54, 1.807) is 13.8 Å². The molecule has 1 rings (SSSR count). The Morgan fingerprint density at radius 1 is 1.18 bits per heavy atom. The Balaban J connectivity index is 3.18. The number of carbonyl (C=O) groups excluding carboxylic acids is 1. The average Bonchev–Trinajstić information content (AvgIpc) is 2.30. The molecule has 0 aliphatic rings. The van der Waals surface area contributed by atoms with E-state index in [1.165, 1.54) is 7.11 Å². The molecule has 2 nitrogen and oxygen atoms in total. The van der Waals surface area contributed by atoms with Crippen molar-refractivity contribution in [3.8, 4) is 0 Å². The Kier molecular flexibility index (Phi) is 4.34. The van der Waals surface area contributed by atoms with Gasteiger partial charge in [-0.15, -0.1) is 0 Å². The highest BCUT2D eigenvalue weighted by atomic mass is 19.1. The number of ether oxygens (including phenoxy) is 1. The number of Topliss-reactive ketones (excluding diaryl/α,β-unsaturated/α-hetero) is 1. The molecule has 0 aliphatic carbocycles. The molecule has 0 radical (unpaired) electrons. The van der Waals surface area contributed by atoms with E-state index in [0.717, 1.165) is 18.2 Å². The largest absolute Gasteiger partial charge is 0.370 e. The van der Waals surface area contributed by atoms with Crippen LogP contribution in [0.3, 0.4) is 0 Å². The van der Waals surface area contributed by atoms with Crippen molar-refractivity contribution in [2.24, 2.45) is 0 Å². The zero-order valence-electron chi connectivity index (χ0n) is 10.2. The van der Waals surface area contributed by atoms with E-state index >= 15 is 0 Å². The smallest absolute Gasteiger partial charge is 0.194 e. The highest BCUT2D eigenvalue weighted by Gasteiger charge is 2.35. The molecule has 0 spiro atoms. The molecule has 0 fully saturated rings. The van der Waals surface area contributed by atoms with Crippen molar-refractivity contribution >= 4 is 5.78 Å². The minimum atomic E-state index is -1.000. The van der Waals surface area contributed by atoms with Crippen LogP contribution in [0.4, 0.5) is 8.78 Å². The van der Waals surface area contributed by atoms with Crippen molar-refractivity contribution in [2.75, 3.05) is 7.11 Å². The topological polar surface area (TPSA) is 26.3 Å². The Morgan fingerprint density at radius 2 is 1.65 bits per heavy atom. The summed E-state index contributed by atoms with van der Waals surface area (Å²) < 4.78 is 31.3. The van der Waals surface area contributed by atoms with Gasteiger partial charge in [-0.1, -0.05) is 13.8 Å². The second kappa shape index (κ2) is 5.36. The highest BCUT2D eigenvalue weighted by molar-refractivity contribution is 6.02. The van der Waals surface area contributed by atoms with E-state index in [0.29, 0.717) is 12.8 Å². The van der Waals surface area contributed by atoms with Gasteiger partial charge in [0.1, 0.15) is 17.2 Å². The van der Waals surface area contributed by atoms with Gasteiger partial charge >= 0.3 is 0 Å². The highest BCUT2D eigenvalue weighted by Crippen LogP contribution is 2.25. The van der Waals surface area contributed by atoms with Crippen molar-refractivity contribution in [3.63, 3.8) is 0 Å². The number of hydrogen-bond donors (Lipinski definition) is 0.